The van der Waals surface area contributed by atoms with Crippen LogP contribution in [0.25, 0.3) is 0 Å². The number of fused-ring (bicyclic) bond motifs is 1. The zero-order valence-electron chi connectivity index (χ0n) is 18.1. The molecule has 1 N–H and O–H groups in total. The van der Waals surface area contributed by atoms with Crippen LogP contribution in [0.2, 0.25) is 0 Å². The fourth-order valence-electron chi connectivity index (χ4n) is 5.52. The number of carbonyl (C=O) groups is 1. The number of rotatable bonds is 7. The zero-order chi connectivity index (χ0) is 21.3. The lowest BCUT2D eigenvalue weighted by atomic mass is 9.86. The Morgan fingerprint density at radius 2 is 2.13 bits per heavy atom. The summed E-state index contributed by atoms with van der Waals surface area (Å²) < 4.78 is 24.6. The van der Waals surface area contributed by atoms with Crippen molar-refractivity contribution in [2.45, 2.75) is 82.0 Å². The van der Waals surface area contributed by atoms with Crippen LogP contribution in [0, 0.1) is 11.7 Å². The van der Waals surface area contributed by atoms with Crippen LogP contribution in [0.3, 0.4) is 0 Å². The van der Waals surface area contributed by atoms with Gasteiger partial charge in [0.25, 0.3) is 0 Å². The molecule has 0 unspecified atom stereocenters. The highest BCUT2D eigenvalue weighted by Gasteiger charge is 2.60. The van der Waals surface area contributed by atoms with Crippen molar-refractivity contribution in [3.8, 4) is 0 Å². The molecule has 1 saturated heterocycles. The maximum atomic E-state index is 13.2. The number of methoxy groups -OCH3 is 1. The fraction of sp³-hybridized carbons (Fsp3) is 0.773. The Bertz CT molecular complexity index is 748. The predicted octanol–water partition coefficient (Wildman–Crippen LogP) is 3.04. The molecule has 30 heavy (non-hydrogen) atoms. The van der Waals surface area contributed by atoms with Gasteiger partial charge >= 0.3 is 6.09 Å². The Balaban J connectivity index is 1.35. The molecule has 166 valence electrons. The molecular formula is C22H33FN4O3. The third kappa shape index (κ3) is 4.04. The highest BCUT2D eigenvalue weighted by atomic mass is 19.1. The zero-order valence-corrected chi connectivity index (χ0v) is 18.1. The van der Waals surface area contributed by atoms with E-state index < -0.39 is 5.82 Å². The summed E-state index contributed by atoms with van der Waals surface area (Å²) in [6.45, 7) is 5.65. The van der Waals surface area contributed by atoms with Gasteiger partial charge in [-0.05, 0) is 57.9 Å². The number of ether oxygens (including phenoxy) is 2. The van der Waals surface area contributed by atoms with Gasteiger partial charge in [-0.25, -0.2) is 19.2 Å². The van der Waals surface area contributed by atoms with Crippen molar-refractivity contribution in [2.24, 2.45) is 5.92 Å². The third-order valence-electron chi connectivity index (χ3n) is 7.19. The number of nitrogens with zero attached hydrogens (tertiary/aromatic N) is 3. The second-order valence-electron chi connectivity index (χ2n) is 9.10. The minimum absolute atomic E-state index is 0.0126. The first kappa shape index (κ1) is 21.4. The first-order valence-corrected chi connectivity index (χ1v) is 11.2. The number of likely N-dealkylation sites (tertiary alicyclic amines) is 1. The predicted molar refractivity (Wildman–Crippen MR) is 110 cm³/mol. The molecule has 2 aliphatic carbocycles. The average molecular weight is 421 g/mol. The molecular weight excluding hydrogens is 387 g/mol. The Labute approximate surface area is 177 Å². The van der Waals surface area contributed by atoms with E-state index in [4.69, 9.17) is 9.47 Å². The summed E-state index contributed by atoms with van der Waals surface area (Å²) >= 11 is 0. The Kier molecular flexibility index (Phi) is 6.25. The molecule has 1 aromatic rings. The largest absolute Gasteiger partial charge is 0.453 e. The molecule has 7 nitrogen and oxygen atoms in total. The van der Waals surface area contributed by atoms with E-state index in [1.807, 2.05) is 4.90 Å². The van der Waals surface area contributed by atoms with Gasteiger partial charge in [0.2, 0.25) is 0 Å². The van der Waals surface area contributed by atoms with E-state index in [0.717, 1.165) is 50.9 Å². The van der Waals surface area contributed by atoms with Gasteiger partial charge in [0, 0.05) is 17.5 Å². The lowest BCUT2D eigenvalue weighted by Crippen LogP contribution is -2.49. The number of aromatic nitrogens is 2. The topological polar surface area (TPSA) is 76.6 Å². The number of hydrogen-bond acceptors (Lipinski definition) is 6. The van der Waals surface area contributed by atoms with Gasteiger partial charge in [-0.2, -0.15) is 0 Å². The molecule has 1 amide bonds. The van der Waals surface area contributed by atoms with Crippen molar-refractivity contribution in [1.29, 1.82) is 0 Å². The Hall–Kier alpha value is -1.80. The van der Waals surface area contributed by atoms with Gasteiger partial charge in [-0.3, -0.25) is 4.90 Å². The minimum Gasteiger partial charge on any atom is -0.453 e. The molecule has 4 rings (SSSR count). The van der Waals surface area contributed by atoms with Crippen LogP contribution in [0.4, 0.5) is 9.18 Å². The van der Waals surface area contributed by atoms with Crippen LogP contribution in [0.5, 0.6) is 0 Å². The Morgan fingerprint density at radius 3 is 2.80 bits per heavy atom. The van der Waals surface area contributed by atoms with E-state index in [1.165, 1.54) is 19.5 Å². The summed E-state index contributed by atoms with van der Waals surface area (Å²) in [6.07, 6.45) is 8.29. The van der Waals surface area contributed by atoms with E-state index in [9.17, 15) is 9.18 Å². The number of halogens is 1. The molecule has 8 heteroatoms. The van der Waals surface area contributed by atoms with Crippen LogP contribution in [0.15, 0.2) is 12.4 Å². The highest BCUT2D eigenvalue weighted by molar-refractivity contribution is 5.69. The van der Waals surface area contributed by atoms with Crippen LogP contribution < -0.4 is 5.32 Å². The number of amides is 1. The van der Waals surface area contributed by atoms with Gasteiger partial charge in [0.05, 0.1) is 38.3 Å². The molecule has 2 saturated carbocycles. The number of nitrogens with one attached hydrogen (secondary N) is 1. The van der Waals surface area contributed by atoms with Crippen molar-refractivity contribution in [2.75, 3.05) is 20.3 Å². The van der Waals surface area contributed by atoms with E-state index in [0.29, 0.717) is 12.5 Å². The maximum Gasteiger partial charge on any atom is 0.410 e. The summed E-state index contributed by atoms with van der Waals surface area (Å²) in [5, 5.41) is 3.58. The van der Waals surface area contributed by atoms with Crippen molar-refractivity contribution in [1.82, 2.24) is 20.2 Å². The normalized spacial score (nSPS) is 35.2. The molecule has 1 aromatic heterocycles. The fourth-order valence-corrected chi connectivity index (χ4v) is 5.52. The molecule has 1 aliphatic heterocycles. The molecule has 3 aliphatic rings. The summed E-state index contributed by atoms with van der Waals surface area (Å²) in [7, 11) is 1.44. The molecule has 0 bridgehead atoms. The third-order valence-corrected chi connectivity index (χ3v) is 7.19. The van der Waals surface area contributed by atoms with E-state index in [-0.39, 0.29) is 35.7 Å². The quantitative estimate of drug-likeness (QED) is 0.731. The van der Waals surface area contributed by atoms with Crippen molar-refractivity contribution in [3.05, 3.63) is 24.0 Å². The second-order valence-corrected chi connectivity index (χ2v) is 9.10. The van der Waals surface area contributed by atoms with Gasteiger partial charge in [0.1, 0.15) is 5.82 Å². The second kappa shape index (κ2) is 8.75. The van der Waals surface area contributed by atoms with Crippen molar-refractivity contribution < 1.29 is 18.7 Å². The van der Waals surface area contributed by atoms with Crippen molar-refractivity contribution >= 4 is 6.09 Å². The molecule has 0 aromatic carbocycles. The van der Waals surface area contributed by atoms with Crippen molar-refractivity contribution in [3.63, 3.8) is 0 Å². The lowest BCUT2D eigenvalue weighted by molar-refractivity contribution is -0.0112. The molecule has 3 fully saturated rings. The average Bonchev–Trinajstić information content (AvgIpc) is 3.40. The summed E-state index contributed by atoms with van der Waals surface area (Å²) in [5.74, 6) is 0.879. The van der Waals surface area contributed by atoms with Crippen LogP contribution in [-0.2, 0) is 14.9 Å². The monoisotopic (exact) mass is 420 g/mol. The highest BCUT2D eigenvalue weighted by Crippen LogP contribution is 2.61. The summed E-state index contributed by atoms with van der Waals surface area (Å²) in [6, 6.07) is 0.319. The van der Waals surface area contributed by atoms with Gasteiger partial charge in [-0.15, -0.1) is 0 Å². The van der Waals surface area contributed by atoms with E-state index >= 15 is 0 Å². The minimum atomic E-state index is -0.392. The molecule has 2 heterocycles. The standard InChI is InChI=1S/C22H33FN4O3/c1-4-7-24-18-8-14(2)27(21(28)29-3)19(18)13-30-17-5-6-22(10-15(22)9-17)20-25-11-16(23)12-26-20/h11-12,14-15,17-19,24H,4-10,13H2,1-3H3/t14-,15-,17+,18+,19+,22-/m1/s1. The number of carbonyl (C=O) groups excluding carboxylic acids is 1. The van der Waals surface area contributed by atoms with Crippen LogP contribution in [0.1, 0.15) is 58.2 Å². The van der Waals surface area contributed by atoms with Crippen LogP contribution in [-0.4, -0.2) is 65.5 Å². The van der Waals surface area contributed by atoms with Gasteiger partial charge in [0.15, 0.2) is 5.82 Å². The van der Waals surface area contributed by atoms with Gasteiger partial charge in [-0.1, -0.05) is 6.92 Å². The first-order valence-electron chi connectivity index (χ1n) is 11.2. The SMILES string of the molecule is CCCN[C@H]1C[C@@H](C)N(C(=O)OC)[C@H]1CO[C@H]1CC[C@@]2(c3ncc(F)cn3)C[C@H]2C1. The van der Waals surface area contributed by atoms with Crippen LogP contribution >= 0.6 is 0 Å². The Morgan fingerprint density at radius 1 is 1.37 bits per heavy atom. The summed E-state index contributed by atoms with van der Waals surface area (Å²) in [4.78, 5) is 22.7. The lowest BCUT2D eigenvalue weighted by Gasteiger charge is -2.32. The molecule has 6 atom stereocenters. The maximum absolute atomic E-state index is 13.2. The van der Waals surface area contributed by atoms with E-state index in [1.54, 1.807) is 0 Å². The molecule has 0 radical (unpaired) electrons. The number of hydrogen-bond donors (Lipinski definition) is 1. The smallest absolute Gasteiger partial charge is 0.410 e. The summed E-state index contributed by atoms with van der Waals surface area (Å²) in [5.41, 5.74) is 0.0126. The van der Waals surface area contributed by atoms with Gasteiger partial charge < -0.3 is 14.8 Å². The first-order chi connectivity index (χ1) is 14.5. The molecule has 0 spiro atoms. The van der Waals surface area contributed by atoms with E-state index in [2.05, 4.69) is 29.1 Å².